The quantitative estimate of drug-likeness (QED) is 0.771. The standard InChI is InChI=1S/C10H6F5NO/c11-9(12)17-7-3-1-6(2-4-7)8(5-16)10(13,14)15/h1-4,8-9H. The zero-order chi connectivity index (χ0) is 13.1. The Kier molecular flexibility index (Phi) is 3.89. The van der Waals surface area contributed by atoms with Crippen LogP contribution in [0, 0.1) is 11.3 Å². The van der Waals surface area contributed by atoms with Crippen LogP contribution >= 0.6 is 0 Å². The van der Waals surface area contributed by atoms with Crippen molar-refractivity contribution in [2.45, 2.75) is 18.7 Å². The number of ether oxygens (including phenoxy) is 1. The average Bonchev–Trinajstić information content (AvgIpc) is 2.18. The summed E-state index contributed by atoms with van der Waals surface area (Å²) in [6.45, 7) is -3.05. The number of alkyl halides is 5. The van der Waals surface area contributed by atoms with Crippen LogP contribution in [0.3, 0.4) is 0 Å². The van der Waals surface area contributed by atoms with Crippen molar-refractivity contribution < 1.29 is 26.7 Å². The monoisotopic (exact) mass is 251 g/mol. The molecule has 0 heterocycles. The van der Waals surface area contributed by atoms with Crippen molar-refractivity contribution in [1.82, 2.24) is 0 Å². The Labute approximate surface area is 93.2 Å². The largest absolute Gasteiger partial charge is 0.435 e. The van der Waals surface area contributed by atoms with Crippen LogP contribution in [-0.2, 0) is 0 Å². The fourth-order valence-corrected chi connectivity index (χ4v) is 1.18. The van der Waals surface area contributed by atoms with E-state index < -0.39 is 18.7 Å². The maximum Gasteiger partial charge on any atom is 0.408 e. The SMILES string of the molecule is N#CC(c1ccc(OC(F)F)cc1)C(F)(F)F. The number of benzene rings is 1. The molecule has 0 radical (unpaired) electrons. The molecule has 92 valence electrons. The highest BCUT2D eigenvalue weighted by Gasteiger charge is 2.41. The predicted molar refractivity (Wildman–Crippen MR) is 47.5 cm³/mol. The summed E-state index contributed by atoms with van der Waals surface area (Å²) in [6, 6.07) is 4.88. The van der Waals surface area contributed by atoms with Gasteiger partial charge in [-0.05, 0) is 17.7 Å². The Hall–Kier alpha value is -1.84. The molecule has 17 heavy (non-hydrogen) atoms. The summed E-state index contributed by atoms with van der Waals surface area (Å²) in [6.07, 6.45) is -4.69. The van der Waals surface area contributed by atoms with E-state index in [1.807, 2.05) is 0 Å². The first-order valence-corrected chi connectivity index (χ1v) is 4.35. The second kappa shape index (κ2) is 4.99. The molecule has 0 N–H and O–H groups in total. The van der Waals surface area contributed by atoms with E-state index in [9.17, 15) is 22.0 Å². The Bertz CT molecular complexity index is 406. The van der Waals surface area contributed by atoms with Gasteiger partial charge in [-0.3, -0.25) is 0 Å². The van der Waals surface area contributed by atoms with Gasteiger partial charge >= 0.3 is 12.8 Å². The number of hydrogen-bond donors (Lipinski definition) is 0. The van der Waals surface area contributed by atoms with E-state index in [1.54, 1.807) is 0 Å². The van der Waals surface area contributed by atoms with Crippen molar-refractivity contribution in [2.75, 3.05) is 0 Å². The number of rotatable bonds is 3. The molecule has 0 fully saturated rings. The zero-order valence-electron chi connectivity index (χ0n) is 8.21. The predicted octanol–water partition coefficient (Wildman–Crippen LogP) is 3.46. The lowest BCUT2D eigenvalue weighted by atomic mass is 10.0. The van der Waals surface area contributed by atoms with Crippen molar-refractivity contribution in [1.29, 1.82) is 5.26 Å². The lowest BCUT2D eigenvalue weighted by molar-refractivity contribution is -0.137. The van der Waals surface area contributed by atoms with Gasteiger partial charge in [0.2, 0.25) is 0 Å². The van der Waals surface area contributed by atoms with E-state index in [0.717, 1.165) is 30.3 Å². The van der Waals surface area contributed by atoms with E-state index in [-0.39, 0.29) is 11.3 Å². The number of nitriles is 1. The summed E-state index contributed by atoms with van der Waals surface area (Å²) < 4.78 is 64.6. The lowest BCUT2D eigenvalue weighted by Gasteiger charge is -2.13. The van der Waals surface area contributed by atoms with Crippen LogP contribution in [0.2, 0.25) is 0 Å². The highest BCUT2D eigenvalue weighted by atomic mass is 19.4. The summed E-state index contributed by atoms with van der Waals surface area (Å²) >= 11 is 0. The van der Waals surface area contributed by atoms with Gasteiger partial charge in [-0.1, -0.05) is 12.1 Å². The smallest absolute Gasteiger partial charge is 0.408 e. The molecule has 1 atom stereocenters. The maximum absolute atomic E-state index is 12.3. The van der Waals surface area contributed by atoms with E-state index in [2.05, 4.69) is 4.74 Å². The molecule has 1 aromatic carbocycles. The molecule has 7 heteroatoms. The molecule has 2 nitrogen and oxygen atoms in total. The third-order valence-corrected chi connectivity index (χ3v) is 1.90. The van der Waals surface area contributed by atoms with Gasteiger partial charge in [-0.25, -0.2) is 0 Å². The molecule has 0 amide bonds. The Morgan fingerprint density at radius 3 is 2.00 bits per heavy atom. The molecule has 0 saturated carbocycles. The van der Waals surface area contributed by atoms with Crippen LogP contribution in [0.5, 0.6) is 5.75 Å². The molecule has 0 aliphatic heterocycles. The van der Waals surface area contributed by atoms with E-state index in [0.29, 0.717) is 0 Å². The second-order valence-corrected chi connectivity index (χ2v) is 3.05. The summed E-state index contributed by atoms with van der Waals surface area (Å²) in [5.41, 5.74) is -0.318. The number of nitrogens with zero attached hydrogens (tertiary/aromatic N) is 1. The van der Waals surface area contributed by atoms with Crippen LogP contribution in [0.4, 0.5) is 22.0 Å². The Morgan fingerprint density at radius 1 is 1.12 bits per heavy atom. The summed E-state index contributed by atoms with van der Waals surface area (Å²) in [5.74, 6) is -2.54. The summed E-state index contributed by atoms with van der Waals surface area (Å²) in [7, 11) is 0. The molecule has 0 aliphatic carbocycles. The zero-order valence-corrected chi connectivity index (χ0v) is 8.21. The van der Waals surface area contributed by atoms with E-state index in [4.69, 9.17) is 5.26 Å². The van der Waals surface area contributed by atoms with Crippen molar-refractivity contribution in [3.63, 3.8) is 0 Å². The minimum atomic E-state index is -4.69. The average molecular weight is 251 g/mol. The molecular formula is C10H6F5NO. The van der Waals surface area contributed by atoms with Crippen LogP contribution in [-0.4, -0.2) is 12.8 Å². The van der Waals surface area contributed by atoms with Crippen molar-refractivity contribution in [3.8, 4) is 11.8 Å². The van der Waals surface area contributed by atoms with Crippen LogP contribution in [0.15, 0.2) is 24.3 Å². The Balaban J connectivity index is 2.91. The highest BCUT2D eigenvalue weighted by molar-refractivity contribution is 5.33. The molecule has 0 aliphatic rings. The second-order valence-electron chi connectivity index (χ2n) is 3.05. The molecular weight excluding hydrogens is 245 g/mol. The van der Waals surface area contributed by atoms with Crippen molar-refractivity contribution in [3.05, 3.63) is 29.8 Å². The van der Waals surface area contributed by atoms with Crippen molar-refractivity contribution in [2.24, 2.45) is 0 Å². The number of hydrogen-bond acceptors (Lipinski definition) is 2. The van der Waals surface area contributed by atoms with Gasteiger partial charge in [0, 0.05) is 0 Å². The minimum Gasteiger partial charge on any atom is -0.435 e. The first-order chi connectivity index (χ1) is 7.84. The lowest BCUT2D eigenvalue weighted by Crippen LogP contribution is -2.19. The molecule has 0 spiro atoms. The van der Waals surface area contributed by atoms with Gasteiger partial charge in [-0.2, -0.15) is 27.2 Å². The normalized spacial score (nSPS) is 13.2. The van der Waals surface area contributed by atoms with Crippen molar-refractivity contribution >= 4 is 0 Å². The van der Waals surface area contributed by atoms with Gasteiger partial charge in [0.05, 0.1) is 6.07 Å². The molecule has 0 aromatic heterocycles. The van der Waals surface area contributed by atoms with Gasteiger partial charge < -0.3 is 4.74 Å². The summed E-state index contributed by atoms with van der Waals surface area (Å²) in [5, 5.41) is 8.41. The molecule has 1 aromatic rings. The molecule has 1 unspecified atom stereocenters. The van der Waals surface area contributed by atoms with E-state index >= 15 is 0 Å². The van der Waals surface area contributed by atoms with Crippen LogP contribution < -0.4 is 4.74 Å². The maximum atomic E-state index is 12.3. The fraction of sp³-hybridized carbons (Fsp3) is 0.300. The van der Waals surface area contributed by atoms with Crippen LogP contribution in [0.1, 0.15) is 11.5 Å². The van der Waals surface area contributed by atoms with Crippen LogP contribution in [0.25, 0.3) is 0 Å². The number of halogens is 5. The third-order valence-electron chi connectivity index (χ3n) is 1.90. The van der Waals surface area contributed by atoms with Gasteiger partial charge in [0.25, 0.3) is 0 Å². The Morgan fingerprint density at radius 2 is 1.65 bits per heavy atom. The van der Waals surface area contributed by atoms with Gasteiger partial charge in [-0.15, -0.1) is 0 Å². The molecule has 0 bridgehead atoms. The molecule has 0 saturated heterocycles. The third kappa shape index (κ3) is 3.59. The molecule has 1 rings (SSSR count). The highest BCUT2D eigenvalue weighted by Crippen LogP contribution is 2.34. The first kappa shape index (κ1) is 13.2. The fourth-order valence-electron chi connectivity index (χ4n) is 1.18. The van der Waals surface area contributed by atoms with E-state index in [1.165, 1.54) is 0 Å². The van der Waals surface area contributed by atoms with Gasteiger partial charge in [0.1, 0.15) is 5.75 Å². The first-order valence-electron chi connectivity index (χ1n) is 4.35. The van der Waals surface area contributed by atoms with Gasteiger partial charge in [0.15, 0.2) is 5.92 Å². The topological polar surface area (TPSA) is 33.0 Å². The summed E-state index contributed by atoms with van der Waals surface area (Å²) in [4.78, 5) is 0. The minimum absolute atomic E-state index is 0.261.